The van der Waals surface area contributed by atoms with Crippen molar-refractivity contribution >= 4 is 33.5 Å². The molecule has 0 aliphatic carbocycles. The standard InChI is InChI=1S/C16H12N4O4S/c1-19-11-4-2-3-5-15(11)25-16(19)18-17-8-10-6-13-14(24-9-23-13)7-12(10)20(21)22/h2-8H,9H2,1H3/b17-8+,18-16-. The van der Waals surface area contributed by atoms with Gasteiger partial charge in [-0.05, 0) is 18.2 Å². The first-order valence-corrected chi connectivity index (χ1v) is 8.15. The molecule has 9 heteroatoms. The highest BCUT2D eigenvalue weighted by Crippen LogP contribution is 2.37. The topological polar surface area (TPSA) is 91.2 Å². The minimum atomic E-state index is -0.483. The van der Waals surface area contributed by atoms with Crippen molar-refractivity contribution in [2.75, 3.05) is 6.79 Å². The number of thiazole rings is 1. The zero-order valence-corrected chi connectivity index (χ0v) is 13.9. The fourth-order valence-electron chi connectivity index (χ4n) is 2.53. The molecule has 0 saturated heterocycles. The van der Waals surface area contributed by atoms with E-state index in [4.69, 9.17) is 9.47 Å². The summed E-state index contributed by atoms with van der Waals surface area (Å²) in [5.41, 5.74) is 1.25. The van der Waals surface area contributed by atoms with Crippen LogP contribution in [0.5, 0.6) is 11.5 Å². The summed E-state index contributed by atoms with van der Waals surface area (Å²) >= 11 is 1.49. The van der Waals surface area contributed by atoms with Crippen molar-refractivity contribution in [3.05, 3.63) is 56.9 Å². The van der Waals surface area contributed by atoms with E-state index in [1.807, 2.05) is 35.9 Å². The molecule has 8 nitrogen and oxygen atoms in total. The molecule has 0 radical (unpaired) electrons. The normalized spacial score (nSPS) is 13.9. The van der Waals surface area contributed by atoms with E-state index >= 15 is 0 Å². The Labute approximate surface area is 145 Å². The Kier molecular flexibility index (Phi) is 3.69. The molecule has 0 amide bonds. The van der Waals surface area contributed by atoms with E-state index in [0.717, 1.165) is 10.2 Å². The third-order valence-corrected chi connectivity index (χ3v) is 4.88. The van der Waals surface area contributed by atoms with Crippen molar-refractivity contribution in [2.24, 2.45) is 17.3 Å². The Hall–Kier alpha value is -3.20. The smallest absolute Gasteiger partial charge is 0.282 e. The summed E-state index contributed by atoms with van der Waals surface area (Å²) in [6, 6.07) is 10.8. The Morgan fingerprint density at radius 2 is 2.04 bits per heavy atom. The number of hydrogen-bond donors (Lipinski definition) is 0. The Balaban J connectivity index is 1.74. The highest BCUT2D eigenvalue weighted by atomic mass is 32.1. The minimum Gasteiger partial charge on any atom is -0.454 e. The van der Waals surface area contributed by atoms with Crippen molar-refractivity contribution in [1.82, 2.24) is 4.57 Å². The van der Waals surface area contributed by atoms with Crippen LogP contribution in [-0.2, 0) is 7.05 Å². The maximum atomic E-state index is 11.2. The predicted octanol–water partition coefficient (Wildman–Crippen LogP) is 2.81. The molecule has 0 unspecified atom stereocenters. The number of nitro groups is 1. The summed E-state index contributed by atoms with van der Waals surface area (Å²) in [5.74, 6) is 0.816. The van der Waals surface area contributed by atoms with Crippen LogP contribution in [0.15, 0.2) is 46.6 Å². The molecule has 0 N–H and O–H groups in total. The van der Waals surface area contributed by atoms with E-state index in [1.54, 1.807) is 0 Å². The Morgan fingerprint density at radius 3 is 2.80 bits per heavy atom. The first-order chi connectivity index (χ1) is 12.1. The van der Waals surface area contributed by atoms with Crippen LogP contribution in [0.25, 0.3) is 10.2 Å². The van der Waals surface area contributed by atoms with Crippen molar-refractivity contribution in [3.63, 3.8) is 0 Å². The third-order valence-electron chi connectivity index (χ3n) is 3.77. The van der Waals surface area contributed by atoms with Gasteiger partial charge >= 0.3 is 0 Å². The number of fused-ring (bicyclic) bond motifs is 2. The van der Waals surface area contributed by atoms with Crippen LogP contribution in [0.4, 0.5) is 5.69 Å². The lowest BCUT2D eigenvalue weighted by Gasteiger charge is -1.99. The van der Waals surface area contributed by atoms with Gasteiger partial charge in [-0.15, -0.1) is 5.10 Å². The van der Waals surface area contributed by atoms with E-state index in [1.165, 1.54) is 29.7 Å². The number of nitrogens with zero attached hydrogens (tertiary/aromatic N) is 4. The highest BCUT2D eigenvalue weighted by Gasteiger charge is 2.22. The number of rotatable bonds is 3. The summed E-state index contributed by atoms with van der Waals surface area (Å²) in [5, 5.41) is 19.5. The zero-order valence-electron chi connectivity index (χ0n) is 13.1. The van der Waals surface area contributed by atoms with Crippen LogP contribution in [0, 0.1) is 10.1 Å². The van der Waals surface area contributed by atoms with Gasteiger partial charge in [-0.2, -0.15) is 5.10 Å². The van der Waals surface area contributed by atoms with Crippen LogP contribution in [-0.4, -0.2) is 22.5 Å². The average Bonchev–Trinajstić information content (AvgIpc) is 3.19. The van der Waals surface area contributed by atoms with Crippen LogP contribution in [0.1, 0.15) is 5.56 Å². The molecule has 0 atom stereocenters. The largest absolute Gasteiger partial charge is 0.454 e. The molecule has 2 heterocycles. The number of ether oxygens (including phenoxy) is 2. The van der Waals surface area contributed by atoms with Crippen molar-refractivity contribution in [2.45, 2.75) is 0 Å². The molecule has 0 spiro atoms. The van der Waals surface area contributed by atoms with Gasteiger partial charge in [-0.3, -0.25) is 10.1 Å². The van der Waals surface area contributed by atoms with Gasteiger partial charge in [-0.1, -0.05) is 23.5 Å². The Bertz CT molecular complexity index is 1080. The highest BCUT2D eigenvalue weighted by molar-refractivity contribution is 7.16. The molecule has 126 valence electrons. The van der Waals surface area contributed by atoms with Gasteiger partial charge < -0.3 is 14.0 Å². The van der Waals surface area contributed by atoms with Gasteiger partial charge in [0.15, 0.2) is 11.5 Å². The number of para-hydroxylation sites is 1. The SMILES string of the molecule is Cn1/c(=N/N=C/c2cc3c(cc2[N+](=O)[O-])OCO3)sc2ccccc21. The molecule has 0 saturated carbocycles. The Morgan fingerprint density at radius 1 is 1.28 bits per heavy atom. The van der Waals surface area contributed by atoms with Crippen LogP contribution < -0.4 is 14.3 Å². The summed E-state index contributed by atoms with van der Waals surface area (Å²) in [6.45, 7) is 0.0507. The maximum absolute atomic E-state index is 11.2. The van der Waals surface area contributed by atoms with Crippen LogP contribution in [0.3, 0.4) is 0 Å². The van der Waals surface area contributed by atoms with Gasteiger partial charge in [-0.25, -0.2) is 0 Å². The summed E-state index contributed by atoms with van der Waals surface area (Å²) in [4.78, 5) is 11.5. The number of aromatic nitrogens is 1. The van der Waals surface area contributed by atoms with Gasteiger partial charge in [0.25, 0.3) is 5.69 Å². The maximum Gasteiger partial charge on any atom is 0.282 e. The van der Waals surface area contributed by atoms with Crippen molar-refractivity contribution in [1.29, 1.82) is 0 Å². The quantitative estimate of drug-likeness (QED) is 0.410. The average molecular weight is 356 g/mol. The zero-order chi connectivity index (χ0) is 17.4. The predicted molar refractivity (Wildman–Crippen MR) is 93.2 cm³/mol. The molecule has 3 aromatic rings. The van der Waals surface area contributed by atoms with Gasteiger partial charge in [0.05, 0.1) is 33.0 Å². The van der Waals surface area contributed by atoms with E-state index in [-0.39, 0.29) is 12.5 Å². The summed E-state index contributed by atoms with van der Waals surface area (Å²) in [7, 11) is 1.90. The van der Waals surface area contributed by atoms with Gasteiger partial charge in [0, 0.05) is 7.05 Å². The summed E-state index contributed by atoms with van der Waals surface area (Å²) < 4.78 is 13.4. The fourth-order valence-corrected chi connectivity index (χ4v) is 3.50. The molecule has 2 aromatic carbocycles. The third kappa shape index (κ3) is 2.74. The molecule has 4 rings (SSSR count). The van der Waals surface area contributed by atoms with Crippen LogP contribution in [0.2, 0.25) is 0 Å². The van der Waals surface area contributed by atoms with Crippen LogP contribution >= 0.6 is 11.3 Å². The molecule has 0 bridgehead atoms. The van der Waals surface area contributed by atoms with E-state index < -0.39 is 4.92 Å². The monoisotopic (exact) mass is 356 g/mol. The second-order valence-electron chi connectivity index (χ2n) is 5.28. The first kappa shape index (κ1) is 15.3. The molecule has 1 aliphatic rings. The molecule has 1 aliphatic heterocycles. The molecule has 25 heavy (non-hydrogen) atoms. The molecule has 0 fully saturated rings. The molecule has 1 aromatic heterocycles. The molecular weight excluding hydrogens is 344 g/mol. The number of nitro benzene ring substituents is 1. The lowest BCUT2D eigenvalue weighted by Crippen LogP contribution is -2.08. The second kappa shape index (κ2) is 6.02. The van der Waals surface area contributed by atoms with Crippen molar-refractivity contribution in [3.8, 4) is 11.5 Å². The fraction of sp³-hybridized carbons (Fsp3) is 0.125. The lowest BCUT2D eigenvalue weighted by atomic mass is 10.1. The van der Waals surface area contributed by atoms with Gasteiger partial charge in [0.2, 0.25) is 11.6 Å². The van der Waals surface area contributed by atoms with E-state index in [0.29, 0.717) is 21.9 Å². The van der Waals surface area contributed by atoms with E-state index in [9.17, 15) is 10.1 Å². The minimum absolute atomic E-state index is 0.0507. The number of aryl methyl sites for hydroxylation is 1. The van der Waals surface area contributed by atoms with E-state index in [2.05, 4.69) is 10.2 Å². The number of hydrogen-bond acceptors (Lipinski definition) is 7. The lowest BCUT2D eigenvalue weighted by molar-refractivity contribution is -0.385. The molecular formula is C16H12N4O4S. The van der Waals surface area contributed by atoms with Gasteiger partial charge in [0.1, 0.15) is 0 Å². The van der Waals surface area contributed by atoms with Crippen molar-refractivity contribution < 1.29 is 14.4 Å². The number of benzene rings is 2. The summed E-state index contributed by atoms with van der Waals surface area (Å²) in [6.07, 6.45) is 1.35. The second-order valence-corrected chi connectivity index (χ2v) is 6.29. The first-order valence-electron chi connectivity index (χ1n) is 7.33.